The highest BCUT2D eigenvalue weighted by molar-refractivity contribution is 7.98. The Morgan fingerprint density at radius 3 is 2.71 bits per heavy atom. The average Bonchev–Trinajstić information content (AvgIpc) is 3.29. The van der Waals surface area contributed by atoms with E-state index in [0.717, 1.165) is 21.7 Å². The van der Waals surface area contributed by atoms with Crippen molar-refractivity contribution in [3.63, 3.8) is 0 Å². The molecule has 0 saturated heterocycles. The SMILES string of the molecule is Cc1ccccc1Nc1nc(CSc2nnc(-c3ccccc3F)n2C)cs1. The van der Waals surface area contributed by atoms with E-state index in [4.69, 9.17) is 0 Å². The van der Waals surface area contributed by atoms with Crippen molar-refractivity contribution < 1.29 is 4.39 Å². The van der Waals surface area contributed by atoms with Crippen LogP contribution in [0, 0.1) is 12.7 Å². The van der Waals surface area contributed by atoms with Crippen molar-refractivity contribution in [2.24, 2.45) is 7.05 Å². The topological polar surface area (TPSA) is 55.6 Å². The molecule has 8 heteroatoms. The molecule has 28 heavy (non-hydrogen) atoms. The van der Waals surface area contributed by atoms with Crippen molar-refractivity contribution >= 4 is 33.9 Å². The first kappa shape index (κ1) is 18.6. The number of aryl methyl sites for hydroxylation is 1. The Balaban J connectivity index is 1.44. The standard InChI is InChI=1S/C20H18FN5S2/c1-13-7-3-6-10-17(13)23-19-22-14(11-27-19)12-28-20-25-24-18(26(20)2)15-8-4-5-9-16(15)21/h3-11H,12H2,1-2H3,(H,22,23). The van der Waals surface area contributed by atoms with E-state index in [0.29, 0.717) is 17.1 Å². The van der Waals surface area contributed by atoms with Crippen molar-refractivity contribution in [1.29, 1.82) is 0 Å². The zero-order valence-electron chi connectivity index (χ0n) is 15.4. The van der Waals surface area contributed by atoms with Gasteiger partial charge in [0.1, 0.15) is 5.82 Å². The summed E-state index contributed by atoms with van der Waals surface area (Å²) in [4.78, 5) is 4.64. The minimum Gasteiger partial charge on any atom is -0.331 e. The van der Waals surface area contributed by atoms with Gasteiger partial charge in [-0.3, -0.25) is 0 Å². The number of rotatable bonds is 6. The molecule has 4 rings (SSSR count). The Kier molecular flexibility index (Phi) is 5.40. The maximum absolute atomic E-state index is 14.0. The van der Waals surface area contributed by atoms with Gasteiger partial charge >= 0.3 is 0 Å². The summed E-state index contributed by atoms with van der Waals surface area (Å²) in [5, 5.41) is 15.3. The van der Waals surface area contributed by atoms with E-state index in [9.17, 15) is 4.39 Å². The van der Waals surface area contributed by atoms with Gasteiger partial charge in [0.2, 0.25) is 0 Å². The molecule has 0 radical (unpaired) electrons. The van der Waals surface area contributed by atoms with Crippen LogP contribution >= 0.6 is 23.1 Å². The lowest BCUT2D eigenvalue weighted by Crippen LogP contribution is -1.97. The van der Waals surface area contributed by atoms with Crippen molar-refractivity contribution in [1.82, 2.24) is 19.7 Å². The van der Waals surface area contributed by atoms with Crippen molar-refractivity contribution in [2.75, 3.05) is 5.32 Å². The number of thiazole rings is 1. The number of nitrogens with zero attached hydrogens (tertiary/aromatic N) is 4. The molecule has 0 fully saturated rings. The van der Waals surface area contributed by atoms with Gasteiger partial charge in [-0.25, -0.2) is 9.37 Å². The number of hydrogen-bond acceptors (Lipinski definition) is 6. The van der Waals surface area contributed by atoms with Gasteiger partial charge < -0.3 is 9.88 Å². The van der Waals surface area contributed by atoms with E-state index in [1.165, 1.54) is 23.4 Å². The first-order chi connectivity index (χ1) is 13.6. The van der Waals surface area contributed by atoms with Gasteiger partial charge in [0, 0.05) is 23.9 Å². The third-order valence-electron chi connectivity index (χ3n) is 4.24. The molecule has 0 aliphatic heterocycles. The predicted octanol–water partition coefficient (Wildman–Crippen LogP) is 5.42. The molecule has 2 aromatic heterocycles. The van der Waals surface area contributed by atoms with E-state index in [-0.39, 0.29) is 5.82 Å². The van der Waals surface area contributed by atoms with E-state index < -0.39 is 0 Å². The van der Waals surface area contributed by atoms with Gasteiger partial charge in [-0.1, -0.05) is 42.1 Å². The van der Waals surface area contributed by atoms with Crippen LogP contribution in [0.25, 0.3) is 11.4 Å². The zero-order chi connectivity index (χ0) is 19.5. The second kappa shape index (κ2) is 8.12. The Bertz CT molecular complexity index is 1110. The second-order valence-electron chi connectivity index (χ2n) is 6.22. The normalized spacial score (nSPS) is 11.0. The summed E-state index contributed by atoms with van der Waals surface area (Å²) >= 11 is 3.10. The van der Waals surface area contributed by atoms with Gasteiger partial charge in [0.15, 0.2) is 16.1 Å². The van der Waals surface area contributed by atoms with Gasteiger partial charge in [-0.2, -0.15) is 0 Å². The Labute approximate surface area is 170 Å². The van der Waals surface area contributed by atoms with Crippen LogP contribution in [0.15, 0.2) is 59.1 Å². The minimum absolute atomic E-state index is 0.305. The largest absolute Gasteiger partial charge is 0.331 e. The number of thioether (sulfide) groups is 1. The van der Waals surface area contributed by atoms with Crippen LogP contribution in [0.3, 0.4) is 0 Å². The third-order valence-corrected chi connectivity index (χ3v) is 6.10. The summed E-state index contributed by atoms with van der Waals surface area (Å²) in [6.45, 7) is 2.06. The molecule has 0 spiro atoms. The van der Waals surface area contributed by atoms with Crippen molar-refractivity contribution in [2.45, 2.75) is 17.8 Å². The van der Waals surface area contributed by atoms with Crippen molar-refractivity contribution in [3.8, 4) is 11.4 Å². The lowest BCUT2D eigenvalue weighted by molar-refractivity contribution is 0.628. The number of hydrogen-bond donors (Lipinski definition) is 1. The summed E-state index contributed by atoms with van der Waals surface area (Å²) in [7, 11) is 1.84. The fourth-order valence-corrected chi connectivity index (χ4v) is 4.35. The molecule has 0 saturated carbocycles. The van der Waals surface area contributed by atoms with Crippen LogP contribution in [0.4, 0.5) is 15.2 Å². The second-order valence-corrected chi connectivity index (χ2v) is 8.02. The molecule has 0 bridgehead atoms. The Morgan fingerprint density at radius 1 is 1.11 bits per heavy atom. The van der Waals surface area contributed by atoms with E-state index >= 15 is 0 Å². The van der Waals surface area contributed by atoms with Crippen LogP contribution in [0.5, 0.6) is 0 Å². The lowest BCUT2D eigenvalue weighted by atomic mass is 10.2. The first-order valence-electron chi connectivity index (χ1n) is 8.66. The van der Waals surface area contributed by atoms with Crippen LogP contribution in [0.1, 0.15) is 11.3 Å². The lowest BCUT2D eigenvalue weighted by Gasteiger charge is -2.05. The average molecular weight is 412 g/mol. The monoisotopic (exact) mass is 411 g/mol. The quantitative estimate of drug-likeness (QED) is 0.429. The van der Waals surface area contributed by atoms with E-state index in [1.807, 2.05) is 35.2 Å². The highest BCUT2D eigenvalue weighted by atomic mass is 32.2. The zero-order valence-corrected chi connectivity index (χ0v) is 17.0. The molecule has 0 aliphatic rings. The van der Waals surface area contributed by atoms with Gasteiger partial charge in [0.05, 0.1) is 11.3 Å². The van der Waals surface area contributed by atoms with Gasteiger partial charge in [0.25, 0.3) is 0 Å². The van der Waals surface area contributed by atoms with Crippen molar-refractivity contribution in [3.05, 3.63) is 71.0 Å². The number of para-hydroxylation sites is 1. The molecule has 0 atom stereocenters. The maximum Gasteiger partial charge on any atom is 0.191 e. The van der Waals surface area contributed by atoms with Crippen LogP contribution in [-0.2, 0) is 12.8 Å². The molecule has 0 aliphatic carbocycles. The number of benzene rings is 2. The molecule has 2 heterocycles. The predicted molar refractivity (Wildman–Crippen MR) is 113 cm³/mol. The minimum atomic E-state index is -0.305. The molecule has 0 unspecified atom stereocenters. The fraction of sp³-hybridized carbons (Fsp3) is 0.150. The van der Waals surface area contributed by atoms with Gasteiger partial charge in [-0.05, 0) is 30.7 Å². The first-order valence-corrected chi connectivity index (χ1v) is 10.5. The number of nitrogens with one attached hydrogen (secondary N) is 1. The Hall–Kier alpha value is -2.71. The van der Waals surface area contributed by atoms with Gasteiger partial charge in [-0.15, -0.1) is 21.5 Å². The van der Waals surface area contributed by atoms with Crippen LogP contribution in [-0.4, -0.2) is 19.7 Å². The molecular weight excluding hydrogens is 393 g/mol. The molecular formula is C20H18FN5S2. The van der Waals surface area contributed by atoms with E-state index in [1.54, 1.807) is 29.5 Å². The Morgan fingerprint density at radius 2 is 1.89 bits per heavy atom. The molecule has 1 N–H and O–H groups in total. The molecule has 4 aromatic rings. The van der Waals surface area contributed by atoms with E-state index in [2.05, 4.69) is 33.5 Å². The highest BCUT2D eigenvalue weighted by Gasteiger charge is 2.15. The number of halogens is 1. The fourth-order valence-electron chi connectivity index (χ4n) is 2.72. The summed E-state index contributed by atoms with van der Waals surface area (Å²) in [6.07, 6.45) is 0. The molecule has 5 nitrogen and oxygen atoms in total. The summed E-state index contributed by atoms with van der Waals surface area (Å²) < 4.78 is 15.8. The third kappa shape index (κ3) is 3.93. The smallest absolute Gasteiger partial charge is 0.191 e. The number of aromatic nitrogens is 4. The summed E-state index contributed by atoms with van der Waals surface area (Å²) in [5.74, 6) is 0.872. The molecule has 0 amide bonds. The highest BCUT2D eigenvalue weighted by Crippen LogP contribution is 2.29. The number of anilines is 2. The summed E-state index contributed by atoms with van der Waals surface area (Å²) in [6, 6.07) is 14.7. The molecule has 142 valence electrons. The molecule has 2 aromatic carbocycles. The van der Waals surface area contributed by atoms with Crippen LogP contribution in [0.2, 0.25) is 0 Å². The summed E-state index contributed by atoms with van der Waals surface area (Å²) in [5.41, 5.74) is 3.64. The maximum atomic E-state index is 14.0. The van der Waals surface area contributed by atoms with Crippen LogP contribution < -0.4 is 5.32 Å².